The van der Waals surface area contributed by atoms with Crippen LogP contribution in [0.25, 0.3) is 0 Å². The average molecular weight is 324 g/mol. The first-order valence-electron chi connectivity index (χ1n) is 8.80. The van der Waals surface area contributed by atoms with Crippen molar-refractivity contribution < 1.29 is 9.47 Å². The molecule has 4 heteroatoms. The van der Waals surface area contributed by atoms with Crippen molar-refractivity contribution in [3.05, 3.63) is 65.5 Å². The maximum atomic E-state index is 6.12. The molecule has 2 aromatic rings. The van der Waals surface area contributed by atoms with Crippen molar-refractivity contribution in [2.24, 2.45) is 0 Å². The molecule has 0 unspecified atom stereocenters. The summed E-state index contributed by atoms with van der Waals surface area (Å²) in [4.78, 5) is 4.33. The third-order valence-corrected chi connectivity index (χ3v) is 4.98. The topological polar surface area (TPSA) is 43.4 Å². The number of benzene rings is 1. The largest absolute Gasteiger partial charge is 0.379 e. The zero-order chi connectivity index (χ0) is 16.2. The molecule has 0 amide bonds. The van der Waals surface area contributed by atoms with Gasteiger partial charge < -0.3 is 14.8 Å². The lowest BCUT2D eigenvalue weighted by atomic mass is 10.0. The zero-order valence-electron chi connectivity index (χ0n) is 13.9. The maximum absolute atomic E-state index is 6.12. The molecule has 0 radical (unpaired) electrons. The maximum Gasteiger partial charge on any atom is 0.0967 e. The van der Waals surface area contributed by atoms with Crippen molar-refractivity contribution in [3.8, 4) is 0 Å². The smallest absolute Gasteiger partial charge is 0.0967 e. The van der Waals surface area contributed by atoms with E-state index in [0.717, 1.165) is 31.6 Å². The highest BCUT2D eigenvalue weighted by atomic mass is 16.5. The third-order valence-electron chi connectivity index (χ3n) is 4.98. The van der Waals surface area contributed by atoms with Gasteiger partial charge in [0.1, 0.15) is 0 Å². The number of nitrogens with one attached hydrogen (secondary N) is 1. The predicted octanol–water partition coefficient (Wildman–Crippen LogP) is 2.51. The summed E-state index contributed by atoms with van der Waals surface area (Å²) in [5.41, 5.74) is 3.93. The Morgan fingerprint density at radius 1 is 1.08 bits per heavy atom. The van der Waals surface area contributed by atoms with Crippen molar-refractivity contribution in [3.63, 3.8) is 0 Å². The monoisotopic (exact) mass is 324 g/mol. The number of hydrogen-bond donors (Lipinski definition) is 1. The molecular formula is C20H24N2O2. The minimum Gasteiger partial charge on any atom is -0.379 e. The molecule has 2 aliphatic rings. The SMILES string of the molecule is c1ccc(CO[C@@H]2COCC[C@H]2NC2Cc3ccccc3C2)nc1. The number of ether oxygens (including phenoxy) is 2. The van der Waals surface area contributed by atoms with Crippen LogP contribution < -0.4 is 5.32 Å². The van der Waals surface area contributed by atoms with Crippen LogP contribution in [0, 0.1) is 0 Å². The van der Waals surface area contributed by atoms with Crippen LogP contribution in [-0.4, -0.2) is 36.4 Å². The van der Waals surface area contributed by atoms with Crippen LogP contribution in [0.1, 0.15) is 23.2 Å². The van der Waals surface area contributed by atoms with Gasteiger partial charge in [0, 0.05) is 24.9 Å². The number of aromatic nitrogens is 1. The summed E-state index contributed by atoms with van der Waals surface area (Å²) in [6.07, 6.45) is 5.12. The molecule has 1 N–H and O–H groups in total. The van der Waals surface area contributed by atoms with E-state index in [2.05, 4.69) is 34.6 Å². The van der Waals surface area contributed by atoms with Crippen LogP contribution in [0.4, 0.5) is 0 Å². The molecule has 1 aromatic carbocycles. The van der Waals surface area contributed by atoms with Crippen LogP contribution in [-0.2, 0) is 28.9 Å². The van der Waals surface area contributed by atoms with Crippen molar-refractivity contribution in [2.75, 3.05) is 13.2 Å². The van der Waals surface area contributed by atoms with E-state index in [1.807, 2.05) is 24.4 Å². The third kappa shape index (κ3) is 3.66. The molecule has 1 aromatic heterocycles. The van der Waals surface area contributed by atoms with E-state index < -0.39 is 0 Å². The van der Waals surface area contributed by atoms with Gasteiger partial charge in [-0.05, 0) is 42.5 Å². The van der Waals surface area contributed by atoms with Gasteiger partial charge in [-0.15, -0.1) is 0 Å². The van der Waals surface area contributed by atoms with Crippen molar-refractivity contribution in [2.45, 2.75) is 44.1 Å². The highest BCUT2D eigenvalue weighted by Gasteiger charge is 2.30. The molecule has 4 nitrogen and oxygen atoms in total. The summed E-state index contributed by atoms with van der Waals surface area (Å²) in [5.74, 6) is 0. The minimum atomic E-state index is 0.0875. The molecule has 2 heterocycles. The molecule has 0 spiro atoms. The molecule has 1 saturated heterocycles. The van der Waals surface area contributed by atoms with Crippen LogP contribution in [0.2, 0.25) is 0 Å². The lowest BCUT2D eigenvalue weighted by Gasteiger charge is -2.34. The van der Waals surface area contributed by atoms with E-state index in [0.29, 0.717) is 25.3 Å². The summed E-state index contributed by atoms with van der Waals surface area (Å²) >= 11 is 0. The lowest BCUT2D eigenvalue weighted by Crippen LogP contribution is -2.51. The minimum absolute atomic E-state index is 0.0875. The first-order valence-corrected chi connectivity index (χ1v) is 8.80. The number of rotatable bonds is 5. The molecule has 1 aliphatic heterocycles. The van der Waals surface area contributed by atoms with Crippen molar-refractivity contribution in [1.29, 1.82) is 0 Å². The summed E-state index contributed by atoms with van der Waals surface area (Å²) in [7, 11) is 0. The first-order chi connectivity index (χ1) is 11.9. The highest BCUT2D eigenvalue weighted by Crippen LogP contribution is 2.23. The second-order valence-electron chi connectivity index (χ2n) is 6.68. The fourth-order valence-corrected chi connectivity index (χ4v) is 3.72. The molecule has 0 saturated carbocycles. The molecule has 4 rings (SSSR count). The summed E-state index contributed by atoms with van der Waals surface area (Å²) < 4.78 is 11.8. The Hall–Kier alpha value is -1.75. The van der Waals surface area contributed by atoms with Crippen LogP contribution in [0.3, 0.4) is 0 Å². The highest BCUT2D eigenvalue weighted by molar-refractivity contribution is 5.33. The van der Waals surface area contributed by atoms with Gasteiger partial charge in [0.15, 0.2) is 0 Å². The van der Waals surface area contributed by atoms with Crippen LogP contribution in [0.15, 0.2) is 48.7 Å². The predicted molar refractivity (Wildman–Crippen MR) is 92.8 cm³/mol. The molecule has 1 aliphatic carbocycles. The summed E-state index contributed by atoms with van der Waals surface area (Å²) in [5, 5.41) is 3.83. The van der Waals surface area contributed by atoms with Gasteiger partial charge in [-0.3, -0.25) is 4.98 Å². The van der Waals surface area contributed by atoms with Crippen molar-refractivity contribution >= 4 is 0 Å². The van der Waals surface area contributed by atoms with Gasteiger partial charge in [0.25, 0.3) is 0 Å². The molecule has 126 valence electrons. The zero-order valence-corrected chi connectivity index (χ0v) is 13.9. The molecule has 2 atom stereocenters. The standard InChI is InChI=1S/C20H24N2O2/c1-2-6-16-12-18(11-15(16)5-1)22-19-8-10-23-14-20(19)24-13-17-7-3-4-9-21-17/h1-7,9,18-20,22H,8,10-14H2/t19-,20-/m1/s1. The number of hydrogen-bond acceptors (Lipinski definition) is 4. The van der Waals surface area contributed by atoms with E-state index in [-0.39, 0.29) is 6.10 Å². The Balaban J connectivity index is 1.35. The second-order valence-corrected chi connectivity index (χ2v) is 6.68. The van der Waals surface area contributed by atoms with Crippen LogP contribution >= 0.6 is 0 Å². The van der Waals surface area contributed by atoms with E-state index in [1.54, 1.807) is 0 Å². The van der Waals surface area contributed by atoms with Gasteiger partial charge in [-0.2, -0.15) is 0 Å². The Morgan fingerprint density at radius 3 is 2.62 bits per heavy atom. The molecule has 24 heavy (non-hydrogen) atoms. The molecule has 0 bridgehead atoms. The van der Waals surface area contributed by atoms with E-state index in [1.165, 1.54) is 11.1 Å². The van der Waals surface area contributed by atoms with E-state index in [9.17, 15) is 0 Å². The fourth-order valence-electron chi connectivity index (χ4n) is 3.72. The van der Waals surface area contributed by atoms with Gasteiger partial charge >= 0.3 is 0 Å². The summed E-state index contributed by atoms with van der Waals surface area (Å²) in [6.45, 7) is 2.00. The Bertz CT molecular complexity index is 637. The Labute approximate surface area is 143 Å². The average Bonchev–Trinajstić information content (AvgIpc) is 3.04. The Kier molecular flexibility index (Phi) is 4.88. The van der Waals surface area contributed by atoms with Gasteiger partial charge in [-0.25, -0.2) is 0 Å². The molecule has 1 fully saturated rings. The van der Waals surface area contributed by atoms with Crippen molar-refractivity contribution in [1.82, 2.24) is 10.3 Å². The fraction of sp³-hybridized carbons (Fsp3) is 0.450. The van der Waals surface area contributed by atoms with E-state index >= 15 is 0 Å². The quantitative estimate of drug-likeness (QED) is 0.918. The lowest BCUT2D eigenvalue weighted by molar-refractivity contribution is -0.0780. The van der Waals surface area contributed by atoms with Gasteiger partial charge in [-0.1, -0.05) is 30.3 Å². The second kappa shape index (κ2) is 7.43. The van der Waals surface area contributed by atoms with E-state index in [4.69, 9.17) is 9.47 Å². The van der Waals surface area contributed by atoms with Gasteiger partial charge in [0.05, 0.1) is 25.0 Å². The Morgan fingerprint density at radius 2 is 1.88 bits per heavy atom. The number of pyridine rings is 1. The number of nitrogens with zero attached hydrogens (tertiary/aromatic N) is 1. The normalized spacial score (nSPS) is 24.0. The van der Waals surface area contributed by atoms with Gasteiger partial charge in [0.2, 0.25) is 0 Å². The van der Waals surface area contributed by atoms with Crippen LogP contribution in [0.5, 0.6) is 0 Å². The first kappa shape index (κ1) is 15.8. The number of fused-ring (bicyclic) bond motifs is 1. The molecular weight excluding hydrogens is 300 g/mol. The summed E-state index contributed by atoms with van der Waals surface area (Å²) in [6, 6.07) is 15.5.